The second kappa shape index (κ2) is 7.03. The molecule has 0 aliphatic rings. The fourth-order valence-corrected chi connectivity index (χ4v) is 3.66. The van der Waals surface area contributed by atoms with E-state index in [4.69, 9.17) is 0 Å². The van der Waals surface area contributed by atoms with E-state index in [9.17, 15) is 4.79 Å². The van der Waals surface area contributed by atoms with Crippen molar-refractivity contribution in [3.8, 4) is 5.82 Å². The molecule has 3 rings (SSSR count). The van der Waals surface area contributed by atoms with Crippen molar-refractivity contribution in [1.82, 2.24) is 14.8 Å². The van der Waals surface area contributed by atoms with Crippen LogP contribution in [0.1, 0.15) is 53.5 Å². The monoisotopic (exact) mass is 368 g/mol. The van der Waals surface area contributed by atoms with E-state index in [0.29, 0.717) is 16.5 Å². The average Bonchev–Trinajstić information content (AvgIpc) is 3.19. The molecule has 3 aromatic rings. The highest BCUT2D eigenvalue weighted by Gasteiger charge is 2.22. The molecule has 0 aliphatic heterocycles. The van der Waals surface area contributed by atoms with Crippen molar-refractivity contribution in [2.24, 2.45) is 0 Å². The first kappa shape index (κ1) is 18.3. The van der Waals surface area contributed by atoms with Gasteiger partial charge in [-0.1, -0.05) is 33.8 Å². The predicted octanol–water partition coefficient (Wildman–Crippen LogP) is 4.75. The lowest BCUT2D eigenvalue weighted by molar-refractivity contribution is 0.103. The van der Waals surface area contributed by atoms with Crippen molar-refractivity contribution < 1.29 is 4.79 Å². The molecular formula is C20H24N4OS. The molecule has 6 heteroatoms. The molecule has 0 saturated heterocycles. The van der Waals surface area contributed by atoms with E-state index in [1.165, 1.54) is 21.8 Å². The van der Waals surface area contributed by atoms with Gasteiger partial charge in [-0.25, -0.2) is 4.98 Å². The topological polar surface area (TPSA) is 59.8 Å². The highest BCUT2D eigenvalue weighted by Crippen LogP contribution is 2.27. The first-order valence-corrected chi connectivity index (χ1v) is 9.54. The number of thiophene rings is 1. The molecule has 3 heterocycles. The number of aromatic nitrogens is 3. The smallest absolute Gasteiger partial charge is 0.266 e. The number of carbonyl (C=O) groups is 1. The van der Waals surface area contributed by atoms with Crippen molar-refractivity contribution >= 4 is 23.1 Å². The van der Waals surface area contributed by atoms with E-state index in [0.717, 1.165) is 12.1 Å². The van der Waals surface area contributed by atoms with Crippen LogP contribution in [0.25, 0.3) is 5.82 Å². The molecule has 3 aromatic heterocycles. The van der Waals surface area contributed by atoms with Gasteiger partial charge in [0.15, 0.2) is 5.82 Å². The van der Waals surface area contributed by atoms with Crippen LogP contribution < -0.4 is 5.32 Å². The third-order valence-corrected chi connectivity index (χ3v) is 5.30. The van der Waals surface area contributed by atoms with Gasteiger partial charge in [0, 0.05) is 22.6 Å². The molecule has 0 aliphatic carbocycles. The van der Waals surface area contributed by atoms with Crippen molar-refractivity contribution in [3.05, 3.63) is 57.5 Å². The highest BCUT2D eigenvalue weighted by molar-refractivity contribution is 7.14. The summed E-state index contributed by atoms with van der Waals surface area (Å²) in [5, 5.41) is 7.69. The normalized spacial score (nSPS) is 11.6. The Morgan fingerprint density at radius 1 is 1.27 bits per heavy atom. The Morgan fingerprint density at radius 3 is 2.62 bits per heavy atom. The van der Waals surface area contributed by atoms with Gasteiger partial charge in [-0.05, 0) is 37.1 Å². The van der Waals surface area contributed by atoms with Crippen LogP contribution in [-0.4, -0.2) is 20.7 Å². The quantitative estimate of drug-likeness (QED) is 0.723. The molecule has 0 aromatic carbocycles. The number of rotatable bonds is 4. The molecule has 0 spiro atoms. The van der Waals surface area contributed by atoms with E-state index in [2.05, 4.69) is 50.0 Å². The molecule has 1 amide bonds. The second-order valence-corrected chi connectivity index (χ2v) is 8.52. The number of amides is 1. The number of nitrogens with one attached hydrogen (secondary N) is 1. The Morgan fingerprint density at radius 2 is 2.04 bits per heavy atom. The lowest BCUT2D eigenvalue weighted by atomic mass is 9.92. The Kier molecular flexibility index (Phi) is 4.96. The molecule has 0 saturated carbocycles. The molecule has 136 valence electrons. The molecule has 26 heavy (non-hydrogen) atoms. The summed E-state index contributed by atoms with van der Waals surface area (Å²) < 4.78 is 1.69. The van der Waals surface area contributed by atoms with Gasteiger partial charge in [0.2, 0.25) is 0 Å². The van der Waals surface area contributed by atoms with Gasteiger partial charge in [-0.2, -0.15) is 9.78 Å². The van der Waals surface area contributed by atoms with E-state index in [1.807, 2.05) is 30.3 Å². The minimum absolute atomic E-state index is 0.115. The number of anilines is 1. The van der Waals surface area contributed by atoms with Crippen LogP contribution in [0.5, 0.6) is 0 Å². The molecule has 0 atom stereocenters. The summed E-state index contributed by atoms with van der Waals surface area (Å²) in [6.07, 6.45) is 2.64. The highest BCUT2D eigenvalue weighted by atomic mass is 32.1. The standard InChI is InChI=1S/C20H24N4OS/c1-6-14-11-15(26-13(14)2)19(25)22-18-12-16(20(3,4)5)23-24(18)17-9-7-8-10-21-17/h7-12H,6H2,1-5H3,(H,22,25). The van der Waals surface area contributed by atoms with Crippen LogP contribution in [0.2, 0.25) is 0 Å². The lowest BCUT2D eigenvalue weighted by Crippen LogP contribution is -2.14. The van der Waals surface area contributed by atoms with Crippen LogP contribution in [0, 0.1) is 6.92 Å². The van der Waals surface area contributed by atoms with Crippen molar-refractivity contribution in [2.75, 3.05) is 5.32 Å². The van der Waals surface area contributed by atoms with Gasteiger partial charge in [0.05, 0.1) is 10.6 Å². The van der Waals surface area contributed by atoms with Crippen molar-refractivity contribution in [3.63, 3.8) is 0 Å². The van der Waals surface area contributed by atoms with Gasteiger partial charge < -0.3 is 5.32 Å². The zero-order chi connectivity index (χ0) is 18.9. The molecule has 0 fully saturated rings. The second-order valence-electron chi connectivity index (χ2n) is 7.26. The van der Waals surface area contributed by atoms with Crippen LogP contribution in [0.4, 0.5) is 5.82 Å². The average molecular weight is 369 g/mol. The summed E-state index contributed by atoms with van der Waals surface area (Å²) in [6.45, 7) is 10.4. The predicted molar refractivity (Wildman–Crippen MR) is 106 cm³/mol. The number of hydrogen-bond donors (Lipinski definition) is 1. The Bertz CT molecular complexity index is 919. The number of aryl methyl sites for hydroxylation is 2. The maximum Gasteiger partial charge on any atom is 0.266 e. The Hall–Kier alpha value is -2.47. The number of nitrogens with zero attached hydrogens (tertiary/aromatic N) is 3. The third kappa shape index (κ3) is 3.70. The first-order chi connectivity index (χ1) is 12.3. The molecule has 1 N–H and O–H groups in total. The number of carbonyl (C=O) groups excluding carboxylic acids is 1. The maximum atomic E-state index is 12.8. The van der Waals surface area contributed by atoms with E-state index < -0.39 is 0 Å². The SMILES string of the molecule is CCc1cc(C(=O)Nc2cc(C(C)(C)C)nn2-c2ccccn2)sc1C. The zero-order valence-electron chi connectivity index (χ0n) is 15.8. The van der Waals surface area contributed by atoms with Gasteiger partial charge in [0.25, 0.3) is 5.91 Å². The van der Waals surface area contributed by atoms with Crippen LogP contribution in [-0.2, 0) is 11.8 Å². The van der Waals surface area contributed by atoms with E-state index in [-0.39, 0.29) is 11.3 Å². The number of pyridine rings is 1. The zero-order valence-corrected chi connectivity index (χ0v) is 16.6. The van der Waals surface area contributed by atoms with Crippen LogP contribution in [0.15, 0.2) is 36.5 Å². The fraction of sp³-hybridized carbons (Fsp3) is 0.350. The van der Waals surface area contributed by atoms with Gasteiger partial charge >= 0.3 is 0 Å². The minimum Gasteiger partial charge on any atom is -0.306 e. The van der Waals surface area contributed by atoms with Crippen LogP contribution in [0.3, 0.4) is 0 Å². The van der Waals surface area contributed by atoms with Gasteiger partial charge in [0.1, 0.15) is 5.82 Å². The van der Waals surface area contributed by atoms with Crippen LogP contribution >= 0.6 is 11.3 Å². The van der Waals surface area contributed by atoms with Gasteiger partial charge in [-0.15, -0.1) is 11.3 Å². The van der Waals surface area contributed by atoms with Crippen molar-refractivity contribution in [1.29, 1.82) is 0 Å². The summed E-state index contributed by atoms with van der Waals surface area (Å²) in [4.78, 5) is 19.0. The van der Waals surface area contributed by atoms with Crippen molar-refractivity contribution in [2.45, 2.75) is 46.5 Å². The largest absolute Gasteiger partial charge is 0.306 e. The Balaban J connectivity index is 1.98. The third-order valence-electron chi connectivity index (χ3n) is 4.21. The minimum atomic E-state index is -0.131. The maximum absolute atomic E-state index is 12.8. The molecule has 0 bridgehead atoms. The Labute approximate surface area is 158 Å². The molecule has 5 nitrogen and oxygen atoms in total. The summed E-state index contributed by atoms with van der Waals surface area (Å²) in [7, 11) is 0. The van der Waals surface area contributed by atoms with Gasteiger partial charge in [-0.3, -0.25) is 4.79 Å². The number of hydrogen-bond acceptors (Lipinski definition) is 4. The molecular weight excluding hydrogens is 344 g/mol. The summed E-state index contributed by atoms with van der Waals surface area (Å²) in [6, 6.07) is 9.54. The van der Waals surface area contributed by atoms with E-state index >= 15 is 0 Å². The summed E-state index contributed by atoms with van der Waals surface area (Å²) >= 11 is 1.52. The first-order valence-electron chi connectivity index (χ1n) is 8.72. The molecule has 0 unspecified atom stereocenters. The summed E-state index contributed by atoms with van der Waals surface area (Å²) in [5.74, 6) is 1.19. The lowest BCUT2D eigenvalue weighted by Gasteiger charge is -2.13. The van der Waals surface area contributed by atoms with E-state index in [1.54, 1.807) is 10.9 Å². The fourth-order valence-electron chi connectivity index (χ4n) is 2.65. The molecule has 0 radical (unpaired) electrons. The summed E-state index contributed by atoms with van der Waals surface area (Å²) in [5.41, 5.74) is 1.98.